The SMILES string of the molecule is OCCC#Cc1sc(-c2ccc(F)cc2)c(-c2ccncc2)c1-c1ccc(Cl)cc1. The molecule has 2 aromatic heterocycles. The van der Waals surface area contributed by atoms with Crippen molar-refractivity contribution in [3.63, 3.8) is 0 Å². The molecule has 4 aromatic rings. The lowest BCUT2D eigenvalue weighted by atomic mass is 9.93. The Morgan fingerprint density at radius 2 is 1.50 bits per heavy atom. The van der Waals surface area contributed by atoms with Gasteiger partial charge in [0.1, 0.15) is 5.82 Å². The van der Waals surface area contributed by atoms with Gasteiger partial charge in [0.25, 0.3) is 0 Å². The fourth-order valence-corrected chi connectivity index (χ4v) is 4.56. The molecule has 0 saturated carbocycles. The quantitative estimate of drug-likeness (QED) is 0.364. The second kappa shape index (κ2) is 9.23. The highest BCUT2D eigenvalue weighted by Gasteiger charge is 2.21. The van der Waals surface area contributed by atoms with Crippen LogP contribution in [0.4, 0.5) is 4.39 Å². The van der Waals surface area contributed by atoms with Crippen molar-refractivity contribution < 1.29 is 9.50 Å². The summed E-state index contributed by atoms with van der Waals surface area (Å²) in [4.78, 5) is 6.03. The van der Waals surface area contributed by atoms with Gasteiger partial charge in [-0.05, 0) is 53.1 Å². The Kier molecular flexibility index (Phi) is 6.25. The fraction of sp³-hybridized carbons (Fsp3) is 0.0800. The summed E-state index contributed by atoms with van der Waals surface area (Å²) in [6, 6.07) is 18.1. The van der Waals surface area contributed by atoms with Gasteiger partial charge in [-0.25, -0.2) is 4.39 Å². The molecule has 30 heavy (non-hydrogen) atoms. The third kappa shape index (κ3) is 4.29. The number of hydrogen-bond acceptors (Lipinski definition) is 3. The number of benzene rings is 2. The molecular formula is C25H17ClFNOS. The van der Waals surface area contributed by atoms with Gasteiger partial charge in [-0.15, -0.1) is 11.3 Å². The van der Waals surface area contributed by atoms with Crippen LogP contribution in [0, 0.1) is 17.7 Å². The van der Waals surface area contributed by atoms with E-state index in [2.05, 4.69) is 16.8 Å². The molecule has 0 aliphatic carbocycles. The molecule has 0 amide bonds. The molecule has 2 nitrogen and oxygen atoms in total. The Hall–Kier alpha value is -2.97. The van der Waals surface area contributed by atoms with Gasteiger partial charge in [-0.3, -0.25) is 4.98 Å². The summed E-state index contributed by atoms with van der Waals surface area (Å²) < 4.78 is 13.6. The first-order chi connectivity index (χ1) is 14.7. The minimum atomic E-state index is -0.276. The van der Waals surface area contributed by atoms with E-state index in [1.807, 2.05) is 36.4 Å². The Balaban J connectivity index is 2.03. The molecule has 0 unspecified atom stereocenters. The molecule has 1 N–H and O–H groups in total. The van der Waals surface area contributed by atoms with Crippen molar-refractivity contribution in [2.45, 2.75) is 6.42 Å². The van der Waals surface area contributed by atoms with Gasteiger partial charge < -0.3 is 5.11 Å². The molecule has 5 heteroatoms. The maximum atomic E-state index is 13.6. The molecular weight excluding hydrogens is 417 g/mol. The van der Waals surface area contributed by atoms with Crippen LogP contribution in [0.15, 0.2) is 73.1 Å². The van der Waals surface area contributed by atoms with E-state index in [1.54, 1.807) is 35.9 Å². The van der Waals surface area contributed by atoms with E-state index in [9.17, 15) is 4.39 Å². The monoisotopic (exact) mass is 433 g/mol. The molecule has 0 saturated heterocycles. The van der Waals surface area contributed by atoms with Gasteiger partial charge in [0.05, 0.1) is 11.5 Å². The van der Waals surface area contributed by atoms with Crippen LogP contribution in [0.3, 0.4) is 0 Å². The van der Waals surface area contributed by atoms with Crippen LogP contribution >= 0.6 is 22.9 Å². The van der Waals surface area contributed by atoms with E-state index in [0.29, 0.717) is 11.4 Å². The number of hydrogen-bond donors (Lipinski definition) is 1. The largest absolute Gasteiger partial charge is 0.395 e. The molecule has 2 aromatic carbocycles. The zero-order valence-electron chi connectivity index (χ0n) is 15.9. The fourth-order valence-electron chi connectivity index (χ4n) is 3.21. The molecule has 0 bridgehead atoms. The number of thiophene rings is 1. The number of pyridine rings is 1. The summed E-state index contributed by atoms with van der Waals surface area (Å²) in [5.74, 6) is 5.99. The molecule has 148 valence electrons. The van der Waals surface area contributed by atoms with Gasteiger partial charge in [0, 0.05) is 39.8 Å². The molecule has 0 spiro atoms. The van der Waals surface area contributed by atoms with Crippen molar-refractivity contribution in [2.24, 2.45) is 0 Å². The predicted octanol–water partition coefficient (Wildman–Crippen LogP) is 6.67. The van der Waals surface area contributed by atoms with Crippen LogP contribution in [-0.4, -0.2) is 16.7 Å². The predicted molar refractivity (Wildman–Crippen MR) is 122 cm³/mol. The van der Waals surface area contributed by atoms with Crippen molar-refractivity contribution in [2.75, 3.05) is 6.61 Å². The standard InChI is InChI=1S/C25H17ClFNOS/c26-20-8-4-17(5-9-20)23-22(3-1-2-16-29)30-25(19-6-10-21(27)11-7-19)24(23)18-12-14-28-15-13-18/h4-15,29H,2,16H2. The molecule has 0 fully saturated rings. The van der Waals surface area contributed by atoms with Crippen LogP contribution < -0.4 is 0 Å². The third-order valence-corrected chi connectivity index (χ3v) is 5.96. The van der Waals surface area contributed by atoms with E-state index in [1.165, 1.54) is 12.1 Å². The lowest BCUT2D eigenvalue weighted by molar-refractivity contribution is 0.305. The maximum Gasteiger partial charge on any atom is 0.123 e. The molecule has 0 atom stereocenters. The second-order valence-electron chi connectivity index (χ2n) is 6.54. The Bertz CT molecular complexity index is 1210. The van der Waals surface area contributed by atoms with Crippen molar-refractivity contribution in [3.05, 3.63) is 88.8 Å². The van der Waals surface area contributed by atoms with E-state index < -0.39 is 0 Å². The van der Waals surface area contributed by atoms with Crippen LogP contribution in [-0.2, 0) is 0 Å². The Morgan fingerprint density at radius 3 is 2.17 bits per heavy atom. The van der Waals surface area contributed by atoms with Crippen LogP contribution in [0.5, 0.6) is 0 Å². The zero-order valence-corrected chi connectivity index (χ0v) is 17.5. The van der Waals surface area contributed by atoms with Crippen LogP contribution in [0.1, 0.15) is 11.3 Å². The van der Waals surface area contributed by atoms with Crippen molar-refractivity contribution in [1.82, 2.24) is 4.98 Å². The van der Waals surface area contributed by atoms with Crippen LogP contribution in [0.2, 0.25) is 5.02 Å². The van der Waals surface area contributed by atoms with E-state index in [0.717, 1.165) is 37.6 Å². The summed E-state index contributed by atoms with van der Waals surface area (Å²) in [5, 5.41) is 9.81. The molecule has 0 aliphatic heterocycles. The van der Waals surface area contributed by atoms with Crippen molar-refractivity contribution in [1.29, 1.82) is 0 Å². The summed E-state index contributed by atoms with van der Waals surface area (Å²) in [6.45, 7) is 0.0106. The zero-order chi connectivity index (χ0) is 20.9. The first-order valence-corrected chi connectivity index (χ1v) is 10.6. The molecule has 2 heterocycles. The third-order valence-electron chi connectivity index (χ3n) is 4.56. The first kappa shape index (κ1) is 20.3. The number of nitrogens with zero attached hydrogens (tertiary/aromatic N) is 1. The normalized spacial score (nSPS) is 10.5. The van der Waals surface area contributed by atoms with Crippen molar-refractivity contribution in [3.8, 4) is 44.5 Å². The maximum absolute atomic E-state index is 13.6. The summed E-state index contributed by atoms with van der Waals surface area (Å²) >= 11 is 7.68. The van der Waals surface area contributed by atoms with Crippen molar-refractivity contribution >= 4 is 22.9 Å². The minimum Gasteiger partial charge on any atom is -0.395 e. The van der Waals surface area contributed by atoms with E-state index >= 15 is 0 Å². The van der Waals surface area contributed by atoms with Gasteiger partial charge in [0.2, 0.25) is 0 Å². The number of aromatic nitrogens is 1. The summed E-state index contributed by atoms with van der Waals surface area (Å²) in [7, 11) is 0. The Labute approximate surface area is 183 Å². The first-order valence-electron chi connectivity index (χ1n) is 9.36. The highest BCUT2D eigenvalue weighted by molar-refractivity contribution is 7.17. The number of halogens is 2. The minimum absolute atomic E-state index is 0.0106. The number of rotatable bonds is 4. The molecule has 0 radical (unpaired) electrons. The molecule has 4 rings (SSSR count). The molecule has 0 aliphatic rings. The van der Waals surface area contributed by atoms with Gasteiger partial charge in [-0.1, -0.05) is 47.7 Å². The summed E-state index contributed by atoms with van der Waals surface area (Å²) in [5.41, 5.74) is 4.92. The average molecular weight is 434 g/mol. The van der Waals surface area contributed by atoms with Gasteiger partial charge in [0.15, 0.2) is 0 Å². The van der Waals surface area contributed by atoms with Gasteiger partial charge >= 0.3 is 0 Å². The number of aliphatic hydroxyl groups excluding tert-OH is 1. The highest BCUT2D eigenvalue weighted by Crippen LogP contribution is 2.47. The Morgan fingerprint density at radius 1 is 0.867 bits per heavy atom. The van der Waals surface area contributed by atoms with Gasteiger partial charge in [-0.2, -0.15) is 0 Å². The lowest BCUT2D eigenvalue weighted by Gasteiger charge is -2.09. The smallest absolute Gasteiger partial charge is 0.123 e. The number of aliphatic hydroxyl groups is 1. The second-order valence-corrected chi connectivity index (χ2v) is 7.99. The van der Waals surface area contributed by atoms with E-state index in [4.69, 9.17) is 16.7 Å². The highest BCUT2D eigenvalue weighted by atomic mass is 35.5. The summed E-state index contributed by atoms with van der Waals surface area (Å²) in [6.07, 6.45) is 3.91. The lowest BCUT2D eigenvalue weighted by Crippen LogP contribution is -1.86. The average Bonchev–Trinajstić information content (AvgIpc) is 3.15. The topological polar surface area (TPSA) is 33.1 Å². The van der Waals surface area contributed by atoms with Crippen LogP contribution in [0.25, 0.3) is 32.7 Å². The van der Waals surface area contributed by atoms with E-state index in [-0.39, 0.29) is 12.4 Å².